The predicted molar refractivity (Wildman–Crippen MR) is 319 cm³/mol. The van der Waals surface area contributed by atoms with Crippen LogP contribution in [0.15, 0.2) is 0 Å². The molecule has 3 rings (SSSR count). The van der Waals surface area contributed by atoms with Gasteiger partial charge in [0.05, 0.1) is 18.3 Å². The highest BCUT2D eigenvalue weighted by Crippen LogP contribution is 2.37. The van der Waals surface area contributed by atoms with Crippen LogP contribution in [0.1, 0.15) is 141 Å². The van der Waals surface area contributed by atoms with Crippen LogP contribution in [0, 0.1) is 0 Å². The Bertz CT molecular complexity index is 2470. The smallest absolute Gasteiger partial charge is 0.336 e. The summed E-state index contributed by atoms with van der Waals surface area (Å²) >= 11 is 2.91. The van der Waals surface area contributed by atoms with E-state index in [4.69, 9.17) is 73.0 Å². The number of rotatable bonds is 33. The van der Waals surface area contributed by atoms with Crippen molar-refractivity contribution in [2.24, 2.45) is 11.5 Å². The number of nitrogens with zero attached hydrogens (tertiary/aromatic N) is 1. The second kappa shape index (κ2) is 39.4. The second-order valence-electron chi connectivity index (χ2n) is 21.3. The van der Waals surface area contributed by atoms with Crippen molar-refractivity contribution >= 4 is 119 Å². The fourth-order valence-corrected chi connectivity index (χ4v) is 13.3. The zero-order chi connectivity index (χ0) is 68.4. The van der Waals surface area contributed by atoms with E-state index < -0.39 is 185 Å². The first-order valence-corrected chi connectivity index (χ1v) is 32.6. The highest BCUT2D eigenvalue weighted by atomic mass is 32.2. The van der Waals surface area contributed by atoms with Gasteiger partial charge >= 0.3 is 65.7 Å². The van der Waals surface area contributed by atoms with Gasteiger partial charge in [-0.2, -0.15) is 0 Å². The molecule has 514 valence electrons. The number of thioether (sulfide) groups is 3. The number of hydrogen-bond acceptors (Lipinski definition) is 32. The lowest BCUT2D eigenvalue weighted by atomic mass is 10.00. The molecule has 0 radical (unpaired) electrons. The van der Waals surface area contributed by atoms with Gasteiger partial charge in [0.15, 0.2) is 54.9 Å². The van der Waals surface area contributed by atoms with Crippen LogP contribution in [-0.2, 0) is 129 Å². The molecule has 3 fully saturated rings. The molecule has 3 heterocycles. The Morgan fingerprint density at radius 1 is 0.418 bits per heavy atom. The molecule has 34 heteroatoms. The summed E-state index contributed by atoms with van der Waals surface area (Å²) in [6, 6.07) is -2.74. The van der Waals surface area contributed by atoms with E-state index in [0.29, 0.717) is 19.4 Å². The number of nitrogens with two attached hydrogens (primary N) is 2. The van der Waals surface area contributed by atoms with Gasteiger partial charge in [-0.05, 0) is 59.4 Å². The highest BCUT2D eigenvalue weighted by molar-refractivity contribution is 8.00. The SMILES string of the molecule is CC(=O)O[C@@H]1[C@H](OC(C)=O)[C@H](C)O[C@H](SCCC(=O)N[C@@H](CCCCN(C(=O)CCS[C@H]2O[C@@H](C)[C@@H](OC(C)=O)[C@@H](OC(C)=O)[C@@H]2OC(C)=O)C(=O)CCS[C@H]2O[C@@H](C)[C@@H](OC(C)=O)[C@@H](OC(C)=O)[C@@H]2OC(C)=O)C(=O)OC(=O)[C@@H](N)CCCCN)[C@H]1OC(C)=O. The molecule has 0 aliphatic carbocycles. The minimum absolute atomic E-state index is 0.0111. The zero-order valence-electron chi connectivity index (χ0n) is 53.1. The van der Waals surface area contributed by atoms with Crippen molar-refractivity contribution in [1.82, 2.24) is 10.2 Å². The van der Waals surface area contributed by atoms with Crippen molar-refractivity contribution in [3.05, 3.63) is 0 Å². The lowest BCUT2D eigenvalue weighted by Gasteiger charge is -2.43. The third kappa shape index (κ3) is 27.1. The standard InChI is InChI=1S/C57H86N4O27S3/c1-27-44(79-30(4)62)47(82-33(7)65)50(85-36(10)68)55(76-27)89-24-19-41(71)60-40(54(75)88-53(74)39(59)17-13-15-22-58)18-14-16-23-61(42(72)20-25-90-56-51(86-37(11)69)48(83-34(8)66)45(28(2)77-56)80-31(5)63)43(73)21-26-91-57-52(87-38(12)70)49(84-35(9)67)46(29(3)78-57)81-32(6)64/h27-29,39-40,44-52,55-57H,13-26,58-59H2,1-12H3,(H,60,71)/t27-,28-,29-,39-,40-,44+,45+,46+,47+,48+,49+,50-,51-,52-,55+,56+,57+/m0/s1. The minimum Gasteiger partial charge on any atom is -0.456 e. The molecule has 0 aromatic carbocycles. The van der Waals surface area contributed by atoms with E-state index in [9.17, 15) is 67.1 Å². The first-order valence-electron chi connectivity index (χ1n) is 29.4. The number of nitrogens with one attached hydrogen (secondary N) is 1. The van der Waals surface area contributed by atoms with Crippen molar-refractivity contribution in [3.63, 3.8) is 0 Å². The summed E-state index contributed by atoms with van der Waals surface area (Å²) in [6.07, 6.45) is -14.5. The molecule has 31 nitrogen and oxygen atoms in total. The van der Waals surface area contributed by atoms with Crippen molar-refractivity contribution in [1.29, 1.82) is 0 Å². The van der Waals surface area contributed by atoms with Crippen molar-refractivity contribution < 1.29 is 129 Å². The van der Waals surface area contributed by atoms with Crippen LogP contribution >= 0.6 is 35.3 Å². The first kappa shape index (κ1) is 79.1. The minimum atomic E-state index is -1.51. The fourth-order valence-electron chi connectivity index (χ4n) is 9.77. The van der Waals surface area contributed by atoms with Crippen molar-refractivity contribution in [2.45, 2.75) is 243 Å². The highest BCUT2D eigenvalue weighted by Gasteiger charge is 2.53. The molecule has 3 aliphatic rings. The molecule has 5 N–H and O–H groups in total. The summed E-state index contributed by atoms with van der Waals surface area (Å²) in [5.74, 6) is -11.7. The Hall–Kier alpha value is -6.17. The summed E-state index contributed by atoms with van der Waals surface area (Å²) in [4.78, 5) is 180. The summed E-state index contributed by atoms with van der Waals surface area (Å²) in [5.41, 5.74) is 8.33. The number of esters is 11. The van der Waals surface area contributed by atoms with E-state index in [1.54, 1.807) is 0 Å². The molecular weight excluding hydrogens is 1270 g/mol. The summed E-state index contributed by atoms with van der Waals surface area (Å²) in [6.45, 7) is 14.6. The Morgan fingerprint density at radius 3 is 1.05 bits per heavy atom. The van der Waals surface area contributed by atoms with Gasteiger partial charge in [-0.3, -0.25) is 62.4 Å². The predicted octanol–water partition coefficient (Wildman–Crippen LogP) is 1.51. The van der Waals surface area contributed by atoms with Gasteiger partial charge < -0.3 is 78.4 Å². The molecule has 3 saturated heterocycles. The topological polar surface area (TPSA) is 426 Å². The molecule has 0 bridgehead atoms. The largest absolute Gasteiger partial charge is 0.456 e. The van der Waals surface area contributed by atoms with E-state index in [0.717, 1.165) is 102 Å². The Kier molecular flexibility index (Phi) is 34.2. The van der Waals surface area contributed by atoms with Gasteiger partial charge in [0, 0.05) is 105 Å². The third-order valence-electron chi connectivity index (χ3n) is 13.5. The van der Waals surface area contributed by atoms with E-state index in [1.807, 2.05) is 0 Å². The van der Waals surface area contributed by atoms with Crippen LogP contribution in [0.3, 0.4) is 0 Å². The molecule has 0 saturated carbocycles. The van der Waals surface area contributed by atoms with E-state index in [1.165, 1.54) is 20.8 Å². The molecule has 0 aromatic heterocycles. The van der Waals surface area contributed by atoms with Gasteiger partial charge in [-0.25, -0.2) is 9.59 Å². The lowest BCUT2D eigenvalue weighted by molar-refractivity contribution is -0.229. The maximum Gasteiger partial charge on any atom is 0.336 e. The Morgan fingerprint density at radius 2 is 0.725 bits per heavy atom. The zero-order valence-corrected chi connectivity index (χ0v) is 55.5. The monoisotopic (exact) mass is 1350 g/mol. The molecule has 91 heavy (non-hydrogen) atoms. The average molecular weight is 1360 g/mol. The lowest BCUT2D eigenvalue weighted by Crippen LogP contribution is -2.59. The van der Waals surface area contributed by atoms with Crippen LogP contribution < -0.4 is 16.8 Å². The Labute approximate surface area is 539 Å². The second-order valence-corrected chi connectivity index (χ2v) is 25.0. The van der Waals surface area contributed by atoms with Gasteiger partial charge in [0.25, 0.3) is 0 Å². The molecule has 0 aromatic rings. The van der Waals surface area contributed by atoms with E-state index in [2.05, 4.69) is 5.32 Å². The van der Waals surface area contributed by atoms with Gasteiger partial charge in [-0.1, -0.05) is 6.42 Å². The molecule has 0 unspecified atom stereocenters. The van der Waals surface area contributed by atoms with E-state index in [-0.39, 0.29) is 68.7 Å². The number of hydrogen-bond donors (Lipinski definition) is 3. The molecular formula is C57H86N4O27S3. The number of carbonyl (C=O) groups is 14. The van der Waals surface area contributed by atoms with Crippen molar-refractivity contribution in [3.8, 4) is 0 Å². The van der Waals surface area contributed by atoms with Gasteiger partial charge in [-0.15, -0.1) is 35.3 Å². The Balaban J connectivity index is 1.93. The van der Waals surface area contributed by atoms with Crippen LogP contribution in [0.4, 0.5) is 0 Å². The van der Waals surface area contributed by atoms with Gasteiger partial charge in [0.2, 0.25) is 17.7 Å². The summed E-state index contributed by atoms with van der Waals surface area (Å²) in [7, 11) is 0. The van der Waals surface area contributed by atoms with Crippen molar-refractivity contribution in [2.75, 3.05) is 30.3 Å². The van der Waals surface area contributed by atoms with E-state index >= 15 is 0 Å². The van der Waals surface area contributed by atoms with Gasteiger partial charge in [0.1, 0.15) is 28.4 Å². The average Bonchev–Trinajstić information content (AvgIpc) is 0.844. The van der Waals surface area contributed by atoms with Crippen LogP contribution in [0.5, 0.6) is 0 Å². The number of amides is 3. The van der Waals surface area contributed by atoms with Crippen LogP contribution in [-0.4, -0.2) is 220 Å². The third-order valence-corrected chi connectivity index (χ3v) is 17.0. The molecule has 0 spiro atoms. The van der Waals surface area contributed by atoms with Crippen LogP contribution in [0.2, 0.25) is 0 Å². The summed E-state index contributed by atoms with van der Waals surface area (Å²) in [5, 5.41) is 2.57. The molecule has 3 aliphatic heterocycles. The maximum atomic E-state index is 14.4. The number of ether oxygens (including phenoxy) is 13. The molecule has 17 atom stereocenters. The summed E-state index contributed by atoms with van der Waals surface area (Å²) < 4.78 is 72.7. The number of carbonyl (C=O) groups excluding carboxylic acids is 14. The number of imide groups is 1. The fraction of sp³-hybridized carbons (Fsp3) is 0.754. The maximum absolute atomic E-state index is 14.4. The molecule has 3 amide bonds. The van der Waals surface area contributed by atoms with Crippen LogP contribution in [0.25, 0.3) is 0 Å². The first-order chi connectivity index (χ1) is 42.7. The normalized spacial score (nSPS) is 26.7. The number of unbranched alkanes of at least 4 members (excludes halogenated alkanes) is 2. The quantitative estimate of drug-likeness (QED) is 0.0363.